The maximum absolute atomic E-state index is 11.6. The van der Waals surface area contributed by atoms with Gasteiger partial charge in [0.2, 0.25) is 0 Å². The van der Waals surface area contributed by atoms with Crippen molar-refractivity contribution >= 4 is 0 Å². The van der Waals surface area contributed by atoms with E-state index in [4.69, 9.17) is 4.74 Å². The molecule has 1 heterocycles. The fourth-order valence-corrected chi connectivity index (χ4v) is 1.46. The lowest BCUT2D eigenvalue weighted by Gasteiger charge is -2.09. The van der Waals surface area contributed by atoms with E-state index in [1.807, 2.05) is 30.3 Å². The summed E-state index contributed by atoms with van der Waals surface area (Å²) in [4.78, 5) is 11.6. The van der Waals surface area contributed by atoms with Crippen LogP contribution in [0.15, 0.2) is 53.5 Å². The maximum Gasteiger partial charge on any atom is 0.255 e. The zero-order valence-electron chi connectivity index (χ0n) is 8.38. The molecule has 0 bridgehead atoms. The van der Waals surface area contributed by atoms with Crippen molar-refractivity contribution in [2.24, 2.45) is 0 Å². The summed E-state index contributed by atoms with van der Waals surface area (Å²) in [7, 11) is 1.59. The van der Waals surface area contributed by atoms with E-state index in [0.717, 1.165) is 5.69 Å². The van der Waals surface area contributed by atoms with Crippen LogP contribution in [0, 0.1) is 0 Å². The summed E-state index contributed by atoms with van der Waals surface area (Å²) in [6.45, 7) is 0. The molecule has 0 saturated heterocycles. The van der Waals surface area contributed by atoms with Crippen molar-refractivity contribution < 1.29 is 4.74 Å². The van der Waals surface area contributed by atoms with Crippen molar-refractivity contribution in [3.8, 4) is 11.4 Å². The molecule has 0 aliphatic carbocycles. The van der Waals surface area contributed by atoms with Crippen LogP contribution >= 0.6 is 0 Å². The van der Waals surface area contributed by atoms with Crippen LogP contribution in [0.1, 0.15) is 0 Å². The van der Waals surface area contributed by atoms with Gasteiger partial charge < -0.3 is 4.74 Å². The normalized spacial score (nSPS) is 9.93. The minimum Gasteiger partial charge on any atom is -0.495 e. The van der Waals surface area contributed by atoms with Gasteiger partial charge in [0.05, 0.1) is 12.8 Å². The largest absolute Gasteiger partial charge is 0.495 e. The highest BCUT2D eigenvalue weighted by Gasteiger charge is 2.03. The van der Waals surface area contributed by atoms with Gasteiger partial charge in [0.15, 0.2) is 0 Å². The van der Waals surface area contributed by atoms with Gasteiger partial charge in [-0.1, -0.05) is 18.2 Å². The van der Waals surface area contributed by atoms with E-state index in [1.54, 1.807) is 23.9 Å². The monoisotopic (exact) mass is 201 g/mol. The van der Waals surface area contributed by atoms with Gasteiger partial charge in [0.25, 0.3) is 5.56 Å². The lowest BCUT2D eigenvalue weighted by atomic mass is 10.3. The van der Waals surface area contributed by atoms with Crippen LogP contribution < -0.4 is 10.3 Å². The minimum absolute atomic E-state index is 0.0676. The first-order valence-corrected chi connectivity index (χ1v) is 4.64. The van der Waals surface area contributed by atoms with Crippen molar-refractivity contribution in [3.63, 3.8) is 0 Å². The molecule has 1 aromatic carbocycles. The zero-order valence-corrected chi connectivity index (χ0v) is 8.38. The van der Waals surface area contributed by atoms with Crippen LogP contribution in [0.25, 0.3) is 5.69 Å². The summed E-state index contributed by atoms with van der Waals surface area (Å²) >= 11 is 0. The Bertz CT molecular complexity index is 517. The molecule has 15 heavy (non-hydrogen) atoms. The molecular formula is C12H11NO2. The molecule has 0 saturated carbocycles. The Kier molecular flexibility index (Phi) is 2.54. The minimum atomic E-state index is -0.0676. The van der Waals surface area contributed by atoms with Gasteiger partial charge in [0.1, 0.15) is 5.75 Å². The molecule has 0 N–H and O–H groups in total. The van der Waals surface area contributed by atoms with Crippen molar-refractivity contribution in [1.82, 2.24) is 4.57 Å². The molecular weight excluding hydrogens is 190 g/mol. The van der Waals surface area contributed by atoms with Gasteiger partial charge in [-0.25, -0.2) is 0 Å². The van der Waals surface area contributed by atoms with Crippen LogP contribution in [0.4, 0.5) is 0 Å². The Morgan fingerprint density at radius 3 is 2.53 bits per heavy atom. The number of aromatic nitrogens is 1. The Hall–Kier alpha value is -2.03. The standard InChI is InChI=1S/C12H11NO2/c1-15-11-7-3-2-6-10(11)13-9-5-4-8-12(13)14/h2-9H,1H3. The smallest absolute Gasteiger partial charge is 0.255 e. The Balaban J connectivity index is 2.64. The molecule has 0 aliphatic heterocycles. The molecule has 0 aliphatic rings. The van der Waals surface area contributed by atoms with Gasteiger partial charge in [-0.15, -0.1) is 0 Å². The molecule has 3 heteroatoms. The SMILES string of the molecule is COc1ccccc1-n1ccccc1=O. The summed E-state index contributed by atoms with van der Waals surface area (Å²) in [5.74, 6) is 0.686. The molecule has 1 aromatic heterocycles. The second-order valence-electron chi connectivity index (χ2n) is 3.08. The number of hydrogen-bond donors (Lipinski definition) is 0. The molecule has 0 fully saturated rings. The van der Waals surface area contributed by atoms with E-state index in [-0.39, 0.29) is 5.56 Å². The number of pyridine rings is 1. The van der Waals surface area contributed by atoms with Crippen LogP contribution in [-0.2, 0) is 0 Å². The molecule has 3 nitrogen and oxygen atoms in total. The first kappa shape index (κ1) is 9.52. The first-order valence-electron chi connectivity index (χ1n) is 4.64. The maximum atomic E-state index is 11.6. The van der Waals surface area contributed by atoms with E-state index in [2.05, 4.69) is 0 Å². The quantitative estimate of drug-likeness (QED) is 0.742. The Labute approximate surface area is 87.6 Å². The number of hydrogen-bond acceptors (Lipinski definition) is 2. The van der Waals surface area contributed by atoms with Crippen molar-refractivity contribution in [1.29, 1.82) is 0 Å². The zero-order chi connectivity index (χ0) is 10.7. The summed E-state index contributed by atoms with van der Waals surface area (Å²) in [6.07, 6.45) is 1.72. The second kappa shape index (κ2) is 4.00. The number of nitrogens with zero attached hydrogens (tertiary/aromatic N) is 1. The summed E-state index contributed by atoms with van der Waals surface area (Å²) in [6, 6.07) is 12.5. The third-order valence-electron chi connectivity index (χ3n) is 2.17. The highest BCUT2D eigenvalue weighted by molar-refractivity contribution is 5.46. The lowest BCUT2D eigenvalue weighted by molar-refractivity contribution is 0.412. The van der Waals surface area contributed by atoms with Crippen molar-refractivity contribution in [2.75, 3.05) is 7.11 Å². The average Bonchev–Trinajstić information content (AvgIpc) is 2.30. The van der Waals surface area contributed by atoms with Crippen LogP contribution in [-0.4, -0.2) is 11.7 Å². The highest BCUT2D eigenvalue weighted by Crippen LogP contribution is 2.19. The van der Waals surface area contributed by atoms with Crippen LogP contribution in [0.2, 0.25) is 0 Å². The fourth-order valence-electron chi connectivity index (χ4n) is 1.46. The predicted octanol–water partition coefficient (Wildman–Crippen LogP) is 1.85. The third-order valence-corrected chi connectivity index (χ3v) is 2.17. The van der Waals surface area contributed by atoms with E-state index in [1.165, 1.54) is 6.07 Å². The molecule has 0 atom stereocenters. The van der Waals surface area contributed by atoms with E-state index in [0.29, 0.717) is 5.75 Å². The van der Waals surface area contributed by atoms with Gasteiger partial charge in [-0.05, 0) is 18.2 Å². The molecule has 76 valence electrons. The number of benzene rings is 1. The van der Waals surface area contributed by atoms with Crippen molar-refractivity contribution in [3.05, 3.63) is 59.0 Å². The van der Waals surface area contributed by atoms with Gasteiger partial charge in [-0.2, -0.15) is 0 Å². The molecule has 2 aromatic rings. The Morgan fingerprint density at radius 1 is 1.07 bits per heavy atom. The molecule has 0 radical (unpaired) electrons. The first-order chi connectivity index (χ1) is 7.33. The fraction of sp³-hybridized carbons (Fsp3) is 0.0833. The molecule has 0 unspecified atom stereocenters. The molecule has 0 spiro atoms. The predicted molar refractivity (Wildman–Crippen MR) is 58.6 cm³/mol. The van der Waals surface area contributed by atoms with Gasteiger partial charge in [-0.3, -0.25) is 9.36 Å². The van der Waals surface area contributed by atoms with E-state index in [9.17, 15) is 4.79 Å². The second-order valence-corrected chi connectivity index (χ2v) is 3.08. The third kappa shape index (κ3) is 1.76. The summed E-state index contributed by atoms with van der Waals surface area (Å²) in [5, 5.41) is 0. The molecule has 2 rings (SSSR count). The molecule has 0 amide bonds. The van der Waals surface area contributed by atoms with Crippen molar-refractivity contribution in [2.45, 2.75) is 0 Å². The number of rotatable bonds is 2. The van der Waals surface area contributed by atoms with Gasteiger partial charge in [0, 0.05) is 12.3 Å². The number of ether oxygens (including phenoxy) is 1. The topological polar surface area (TPSA) is 31.2 Å². The average molecular weight is 201 g/mol. The van der Waals surface area contributed by atoms with E-state index >= 15 is 0 Å². The Morgan fingerprint density at radius 2 is 1.80 bits per heavy atom. The summed E-state index contributed by atoms with van der Waals surface area (Å²) in [5.41, 5.74) is 0.688. The highest BCUT2D eigenvalue weighted by atomic mass is 16.5. The van der Waals surface area contributed by atoms with Crippen LogP contribution in [0.3, 0.4) is 0 Å². The van der Waals surface area contributed by atoms with Crippen LogP contribution in [0.5, 0.6) is 5.75 Å². The van der Waals surface area contributed by atoms with E-state index < -0.39 is 0 Å². The summed E-state index contributed by atoms with van der Waals surface area (Å²) < 4.78 is 6.75. The number of methoxy groups -OCH3 is 1. The van der Waals surface area contributed by atoms with Gasteiger partial charge >= 0.3 is 0 Å². The lowest BCUT2D eigenvalue weighted by Crippen LogP contribution is -2.16. The number of para-hydroxylation sites is 2.